The first-order valence-electron chi connectivity index (χ1n) is 34.6. The molecule has 3 heterocycles. The van der Waals surface area contributed by atoms with Crippen molar-refractivity contribution in [1.82, 2.24) is 60.0 Å². The molecule has 4 aliphatic rings. The largest absolute Gasteiger partial charge is 0.417 e. The van der Waals surface area contributed by atoms with Crippen LogP contribution in [0.2, 0.25) is 5.02 Å². The molecule has 8 atom stereocenters. The topological polar surface area (TPSA) is 270 Å². The first-order chi connectivity index (χ1) is 46.4. The van der Waals surface area contributed by atoms with Crippen LogP contribution >= 0.6 is 11.6 Å². The normalized spacial score (nSPS) is 24.9. The number of likely N-dealkylation sites (tertiary alicyclic amines) is 1. The second kappa shape index (κ2) is 35.0. The molecule has 3 aliphatic heterocycles. The maximum absolute atomic E-state index is 15.4. The van der Waals surface area contributed by atoms with Gasteiger partial charge in [0.05, 0.1) is 36.6 Å². The molecule has 4 fully saturated rings. The van der Waals surface area contributed by atoms with Crippen LogP contribution in [0.5, 0.6) is 0 Å². The van der Waals surface area contributed by atoms with Gasteiger partial charge in [0.25, 0.3) is 0 Å². The van der Waals surface area contributed by atoms with E-state index in [1.165, 1.54) is 75.0 Å². The van der Waals surface area contributed by atoms with Crippen molar-refractivity contribution in [1.29, 1.82) is 0 Å². The Morgan fingerprint density at radius 2 is 1.27 bits per heavy atom. The molecule has 99 heavy (non-hydrogen) atoms. The molecule has 1 aliphatic carbocycles. The molecule has 2 aromatic rings. The summed E-state index contributed by atoms with van der Waals surface area (Å²) < 4.78 is 41.5. The van der Waals surface area contributed by atoms with E-state index in [1.54, 1.807) is 43.9 Å². The fourth-order valence-corrected chi connectivity index (χ4v) is 14.2. The van der Waals surface area contributed by atoms with Crippen LogP contribution in [0.4, 0.5) is 13.2 Å². The molecule has 1 saturated carbocycles. The minimum Gasteiger partial charge on any atom is -0.343 e. The van der Waals surface area contributed by atoms with Crippen molar-refractivity contribution in [2.24, 2.45) is 17.8 Å². The fourth-order valence-electron chi connectivity index (χ4n) is 13.9. The van der Waals surface area contributed by atoms with Gasteiger partial charge < -0.3 is 60.0 Å². The van der Waals surface area contributed by atoms with Crippen LogP contribution in [0, 0.1) is 24.7 Å². The summed E-state index contributed by atoms with van der Waals surface area (Å²) in [6.07, 6.45) is -1.30. The third kappa shape index (κ3) is 20.0. The highest BCUT2D eigenvalue weighted by Crippen LogP contribution is 2.37. The van der Waals surface area contributed by atoms with Crippen LogP contribution in [0.3, 0.4) is 0 Å². The highest BCUT2D eigenvalue weighted by molar-refractivity contribution is 6.31. The van der Waals surface area contributed by atoms with E-state index in [1.807, 2.05) is 33.8 Å². The lowest BCUT2D eigenvalue weighted by molar-refractivity contribution is -0.156. The summed E-state index contributed by atoms with van der Waals surface area (Å²) in [4.78, 5) is 189. The van der Waals surface area contributed by atoms with Crippen molar-refractivity contribution >= 4 is 82.5 Å². The highest BCUT2D eigenvalue weighted by atomic mass is 35.5. The summed E-state index contributed by atoms with van der Waals surface area (Å²) in [6.45, 7) is 11.5. The predicted molar refractivity (Wildman–Crippen MR) is 366 cm³/mol. The van der Waals surface area contributed by atoms with Crippen LogP contribution < -0.4 is 16.0 Å². The summed E-state index contributed by atoms with van der Waals surface area (Å²) in [7, 11) is 9.68. The average Bonchev–Trinajstić information content (AvgIpc) is 1.71. The molecule has 3 N–H and O–H groups in total. The van der Waals surface area contributed by atoms with Crippen molar-refractivity contribution in [3.05, 3.63) is 69.7 Å². The van der Waals surface area contributed by atoms with Crippen LogP contribution in [-0.2, 0) is 76.6 Å². The molecule has 1 unspecified atom stereocenters. The second-order valence-electron chi connectivity index (χ2n) is 28.4. The SMILES string of the molecule is CC[C@H](C)C1NC(=O)[C@H](CC(C)C)N(C)C(=O)C[C@@H](C(=O)N2CCCCC2)N(C)C(=O)[C@H](C(C)C)N(C)C(=O)C2(CCCC2)NC(=O)[C@@H]2CCCN2C(=O)[C@H](CCc2ccc(C(F)(F)F)c(Cl)c2)NC(=O)CN(C)C(=O)[C@H](Cc2ccccc2C)N(C)C(=O)CN(C)C(=O)CN(C)C1=O. The number of piperidine rings is 1. The smallest absolute Gasteiger partial charge is 0.343 e. The predicted octanol–water partition coefficient (Wildman–Crippen LogP) is 5.08. The fraction of sp³-hybridized carbons (Fsp3) is 0.662. The van der Waals surface area contributed by atoms with Gasteiger partial charge in [0.2, 0.25) is 70.9 Å². The van der Waals surface area contributed by atoms with Gasteiger partial charge >= 0.3 is 6.18 Å². The van der Waals surface area contributed by atoms with Gasteiger partial charge in [0, 0.05) is 75.4 Å². The lowest BCUT2D eigenvalue weighted by atomic mass is 9.91. The molecule has 28 heteroatoms. The molecular formula is C71H104ClF3N12O12. The molecule has 6 rings (SSSR count). The summed E-state index contributed by atoms with van der Waals surface area (Å²) in [6, 6.07) is 1.20. The number of aryl methyl sites for hydroxylation is 2. The first kappa shape index (κ1) is 80.1. The van der Waals surface area contributed by atoms with Gasteiger partial charge in [-0.05, 0) is 118 Å². The molecule has 12 amide bonds. The number of alkyl halides is 3. The van der Waals surface area contributed by atoms with Crippen molar-refractivity contribution in [2.75, 3.05) is 88.6 Å². The maximum Gasteiger partial charge on any atom is 0.417 e. The Morgan fingerprint density at radius 1 is 0.657 bits per heavy atom. The van der Waals surface area contributed by atoms with E-state index in [4.69, 9.17) is 11.6 Å². The quantitative estimate of drug-likeness (QED) is 0.266. The van der Waals surface area contributed by atoms with E-state index < -0.39 is 173 Å². The molecule has 3 saturated heterocycles. The van der Waals surface area contributed by atoms with Crippen molar-refractivity contribution < 1.29 is 70.7 Å². The number of benzene rings is 2. The minimum atomic E-state index is -4.77. The number of likely N-dealkylation sites (N-methyl/N-ethyl adjacent to an activating group) is 7. The number of rotatable bonds is 11. The Labute approximate surface area is 585 Å². The van der Waals surface area contributed by atoms with E-state index in [0.717, 1.165) is 43.7 Å². The molecule has 2 aromatic carbocycles. The highest BCUT2D eigenvalue weighted by Gasteiger charge is 2.51. The standard InChI is InChI=1S/C71H104ClF3N12O12/c1-15-45(6)60-67(97)81(10)41-58(90)79(8)42-59(91)83(12)54(38-48-25-18-17-24-46(48)7)65(95)80(9)40-56(88)76-51(30-28-47-27-29-49(50(72)37-47)71(73,74)75)64(94)87-35-23-26-52(87)63(93)78-70(31-19-20-32-70)69(99)85(14)61(44(4)5)68(98)84(13)55(66(96)86-33-21-16-22-34-86)39-57(89)82(11)53(36-43(2)3)62(92)77-60/h17-18,24-25,27,29,37,43-45,51-55,60-61H,15-16,19-23,26,28,30-36,38-42H2,1-14H3,(H,76,88)(H,77,92)(H,78,93)/t45-,51-,52-,53-,54-,55-,60?,61-/m0/s1. The van der Waals surface area contributed by atoms with E-state index in [0.29, 0.717) is 57.2 Å². The number of amides is 12. The van der Waals surface area contributed by atoms with Gasteiger partial charge in [0.1, 0.15) is 47.8 Å². The van der Waals surface area contributed by atoms with Crippen molar-refractivity contribution in [3.8, 4) is 0 Å². The van der Waals surface area contributed by atoms with E-state index in [-0.39, 0.29) is 63.0 Å². The molecule has 1 spiro atoms. The monoisotopic (exact) mass is 1410 g/mol. The van der Waals surface area contributed by atoms with Crippen LogP contribution in [-0.4, -0.2) is 251 Å². The van der Waals surface area contributed by atoms with Crippen LogP contribution in [0.25, 0.3) is 0 Å². The zero-order valence-electron chi connectivity index (χ0n) is 60.1. The molecular weight excluding hydrogens is 1310 g/mol. The zero-order valence-corrected chi connectivity index (χ0v) is 60.9. The van der Waals surface area contributed by atoms with E-state index >= 15 is 19.2 Å². The summed E-state index contributed by atoms with van der Waals surface area (Å²) in [5.41, 5.74) is -0.944. The molecule has 548 valence electrons. The Morgan fingerprint density at radius 3 is 1.87 bits per heavy atom. The van der Waals surface area contributed by atoms with Crippen molar-refractivity contribution in [2.45, 2.75) is 199 Å². The van der Waals surface area contributed by atoms with Crippen molar-refractivity contribution in [3.63, 3.8) is 0 Å². The molecule has 0 aromatic heterocycles. The number of hydrogen-bond acceptors (Lipinski definition) is 12. The van der Waals surface area contributed by atoms with Crippen LogP contribution in [0.1, 0.15) is 147 Å². The number of hydrogen-bond donors (Lipinski definition) is 3. The third-order valence-electron chi connectivity index (χ3n) is 20.3. The Bertz CT molecular complexity index is 3290. The molecule has 0 bridgehead atoms. The summed E-state index contributed by atoms with van der Waals surface area (Å²) in [5.74, 6) is -9.52. The lowest BCUT2D eigenvalue weighted by Gasteiger charge is -2.42. The van der Waals surface area contributed by atoms with Gasteiger partial charge in [-0.25, -0.2) is 0 Å². The van der Waals surface area contributed by atoms with Gasteiger partial charge in [0.15, 0.2) is 0 Å². The third-order valence-corrected chi connectivity index (χ3v) is 20.6. The average molecular weight is 1410 g/mol. The van der Waals surface area contributed by atoms with E-state index in [9.17, 15) is 51.5 Å². The van der Waals surface area contributed by atoms with Gasteiger partial charge in [-0.1, -0.05) is 103 Å². The first-order valence-corrected chi connectivity index (χ1v) is 35.0. The Kier molecular flexibility index (Phi) is 28.3. The number of fused-ring (bicyclic) bond motifs is 1. The summed E-state index contributed by atoms with van der Waals surface area (Å²) in [5, 5.41) is 8.03. The molecule has 24 nitrogen and oxygen atoms in total. The number of carbonyl (C=O) groups excluding carboxylic acids is 12. The number of halogens is 4. The lowest BCUT2D eigenvalue weighted by Crippen LogP contribution is -2.65. The van der Waals surface area contributed by atoms with E-state index in [2.05, 4.69) is 16.0 Å². The zero-order chi connectivity index (χ0) is 73.7. The second-order valence-corrected chi connectivity index (χ2v) is 28.8. The van der Waals surface area contributed by atoms with Crippen LogP contribution in [0.15, 0.2) is 42.5 Å². The summed E-state index contributed by atoms with van der Waals surface area (Å²) >= 11 is 6.14. The van der Waals surface area contributed by atoms with Gasteiger partial charge in [-0.3, -0.25) is 57.5 Å². The number of nitrogens with one attached hydrogen (secondary N) is 3. The van der Waals surface area contributed by atoms with Gasteiger partial charge in [-0.2, -0.15) is 13.2 Å². The van der Waals surface area contributed by atoms with Gasteiger partial charge in [-0.15, -0.1) is 0 Å². The Balaban J connectivity index is 1.43. The number of nitrogens with zero attached hydrogens (tertiary/aromatic N) is 9. The number of carbonyl (C=O) groups is 12. The Hall–Kier alpha value is -7.84. The molecule has 0 radical (unpaired) electrons. The minimum absolute atomic E-state index is 0.0152. The maximum atomic E-state index is 15.4.